The van der Waals surface area contributed by atoms with E-state index in [2.05, 4.69) is 4.98 Å². The first-order valence-corrected chi connectivity index (χ1v) is 7.09. The Labute approximate surface area is 135 Å². The summed E-state index contributed by atoms with van der Waals surface area (Å²) in [4.78, 5) is 41.3. The van der Waals surface area contributed by atoms with Gasteiger partial charge in [0, 0.05) is 12.1 Å². The van der Waals surface area contributed by atoms with Crippen LogP contribution in [0.2, 0.25) is 0 Å². The number of nitrogen functional groups attached to an aromatic ring is 1. The topological polar surface area (TPSA) is 185 Å². The van der Waals surface area contributed by atoms with E-state index >= 15 is 0 Å². The molecule has 10 nitrogen and oxygen atoms in total. The maximum absolute atomic E-state index is 12.9. The molecule has 2 amide bonds. The minimum atomic E-state index is -1.97. The zero-order valence-electron chi connectivity index (χ0n) is 12.9. The van der Waals surface area contributed by atoms with Crippen LogP contribution in [-0.2, 0) is 15.3 Å². The molecule has 0 spiro atoms. The minimum absolute atomic E-state index is 0.122. The van der Waals surface area contributed by atoms with E-state index in [4.69, 9.17) is 22.9 Å². The lowest BCUT2D eigenvalue weighted by molar-refractivity contribution is -0.145. The molecule has 0 saturated carbocycles. The van der Waals surface area contributed by atoms with Gasteiger partial charge in [-0.15, -0.1) is 0 Å². The molecule has 2 heterocycles. The van der Waals surface area contributed by atoms with E-state index in [1.54, 1.807) is 12.1 Å². The fraction of sp³-hybridized carbons (Fsp3) is 0.286. The molecule has 1 unspecified atom stereocenters. The summed E-state index contributed by atoms with van der Waals surface area (Å²) in [5.41, 5.74) is 19.5. The van der Waals surface area contributed by atoms with Crippen molar-refractivity contribution in [1.82, 2.24) is 14.9 Å². The molecular formula is C14H17N7O3. The number of nitrogens with one attached hydrogen (secondary N) is 1. The summed E-state index contributed by atoms with van der Waals surface area (Å²) in [6.45, 7) is 1.51. The van der Waals surface area contributed by atoms with Crippen molar-refractivity contribution in [2.45, 2.75) is 24.7 Å². The van der Waals surface area contributed by atoms with Gasteiger partial charge in [-0.25, -0.2) is 4.98 Å². The van der Waals surface area contributed by atoms with Crippen LogP contribution in [-0.4, -0.2) is 27.0 Å². The normalized spacial score (nSPS) is 23.3. The highest BCUT2D eigenvalue weighted by molar-refractivity contribution is 6.05. The van der Waals surface area contributed by atoms with E-state index in [9.17, 15) is 14.4 Å². The van der Waals surface area contributed by atoms with Crippen LogP contribution in [0.25, 0.3) is 10.9 Å². The number of aryl methyl sites for hydroxylation is 1. The molecule has 9 N–H and O–H groups in total. The number of hydrogen-bond acceptors (Lipinski definition) is 8. The fourth-order valence-corrected chi connectivity index (χ4v) is 2.95. The first kappa shape index (κ1) is 16.1. The number of amides is 2. The van der Waals surface area contributed by atoms with Crippen molar-refractivity contribution in [3.05, 3.63) is 34.4 Å². The molecule has 1 saturated heterocycles. The molecule has 3 rings (SSSR count). The van der Waals surface area contributed by atoms with Gasteiger partial charge in [-0.05, 0) is 19.1 Å². The summed E-state index contributed by atoms with van der Waals surface area (Å²) < 4.78 is 0.974. The van der Waals surface area contributed by atoms with Crippen molar-refractivity contribution in [2.75, 3.05) is 5.73 Å². The van der Waals surface area contributed by atoms with E-state index < -0.39 is 35.1 Å². The highest BCUT2D eigenvalue weighted by Gasteiger charge is 2.52. The molecule has 1 aromatic heterocycles. The Kier molecular flexibility index (Phi) is 3.23. The molecule has 126 valence electrons. The smallest absolute Gasteiger partial charge is 0.268 e. The maximum Gasteiger partial charge on any atom is 0.268 e. The Morgan fingerprint density at radius 2 is 1.83 bits per heavy atom. The van der Waals surface area contributed by atoms with E-state index in [0.29, 0.717) is 5.52 Å². The Morgan fingerprint density at radius 1 is 1.17 bits per heavy atom. The first-order chi connectivity index (χ1) is 11.1. The van der Waals surface area contributed by atoms with Crippen LogP contribution in [0.15, 0.2) is 23.0 Å². The Bertz CT molecular complexity index is 949. The number of imide groups is 1. The summed E-state index contributed by atoms with van der Waals surface area (Å²) in [7, 11) is 0. The molecule has 0 radical (unpaired) electrons. The molecule has 2 aromatic rings. The summed E-state index contributed by atoms with van der Waals surface area (Å²) in [6, 6.07) is 4.81. The molecule has 1 fully saturated rings. The Balaban J connectivity index is 2.33. The van der Waals surface area contributed by atoms with Crippen molar-refractivity contribution in [3.8, 4) is 0 Å². The monoisotopic (exact) mass is 331 g/mol. The number of carbonyl (C=O) groups excluding carboxylic acids is 2. The van der Waals surface area contributed by atoms with Gasteiger partial charge in [0.05, 0.1) is 10.9 Å². The molecule has 10 heteroatoms. The summed E-state index contributed by atoms with van der Waals surface area (Å²) in [5, 5.41) is 2.13. The van der Waals surface area contributed by atoms with Gasteiger partial charge < -0.3 is 22.9 Å². The second kappa shape index (κ2) is 4.84. The van der Waals surface area contributed by atoms with Crippen LogP contribution >= 0.6 is 0 Å². The summed E-state index contributed by atoms with van der Waals surface area (Å²) >= 11 is 0. The number of rotatable bonds is 1. The average Bonchev–Trinajstić information content (AvgIpc) is 2.44. The zero-order chi connectivity index (χ0) is 17.9. The molecule has 1 atom stereocenters. The van der Waals surface area contributed by atoms with Crippen LogP contribution in [0.4, 0.5) is 5.69 Å². The van der Waals surface area contributed by atoms with Crippen LogP contribution in [0.1, 0.15) is 12.2 Å². The molecule has 0 bridgehead atoms. The van der Waals surface area contributed by atoms with Crippen molar-refractivity contribution in [2.24, 2.45) is 17.2 Å². The van der Waals surface area contributed by atoms with Gasteiger partial charge in [-0.1, -0.05) is 6.07 Å². The highest BCUT2D eigenvalue weighted by Crippen LogP contribution is 2.25. The standard InChI is InChI=1S/C14H17N7O3/c1-6-19-8-4-2-3-7(15)9(8)10(22)21(6)14(18)5-13(16,17)11(23)20-12(14)24/h2-4H,5,15-18H2,1H3,(H,20,23,24). The molecule has 1 aliphatic rings. The number of nitrogens with two attached hydrogens (primary N) is 4. The van der Waals surface area contributed by atoms with Crippen molar-refractivity contribution >= 4 is 28.4 Å². The van der Waals surface area contributed by atoms with Gasteiger partial charge in [0.15, 0.2) is 5.66 Å². The Hall–Kier alpha value is -2.82. The third-order valence-corrected chi connectivity index (χ3v) is 4.10. The Morgan fingerprint density at radius 3 is 2.50 bits per heavy atom. The van der Waals surface area contributed by atoms with Crippen molar-refractivity contribution in [3.63, 3.8) is 0 Å². The minimum Gasteiger partial charge on any atom is -0.398 e. The van der Waals surface area contributed by atoms with Crippen LogP contribution in [0, 0.1) is 6.92 Å². The predicted molar refractivity (Wildman–Crippen MR) is 86.2 cm³/mol. The summed E-state index contributed by atoms with van der Waals surface area (Å²) in [6.07, 6.45) is -0.467. The fourth-order valence-electron chi connectivity index (χ4n) is 2.95. The number of benzene rings is 1. The molecule has 0 aliphatic carbocycles. The van der Waals surface area contributed by atoms with Crippen LogP contribution < -0.4 is 33.8 Å². The number of aromatic nitrogens is 2. The quantitative estimate of drug-likeness (QED) is 0.216. The lowest BCUT2D eigenvalue weighted by atomic mass is 9.90. The van der Waals surface area contributed by atoms with Gasteiger partial charge in [0.1, 0.15) is 11.5 Å². The highest BCUT2D eigenvalue weighted by atomic mass is 16.2. The number of nitrogens with zero attached hydrogens (tertiary/aromatic N) is 2. The second-order valence-electron chi connectivity index (χ2n) is 5.97. The van der Waals surface area contributed by atoms with E-state index in [0.717, 1.165) is 4.57 Å². The number of piperidine rings is 1. The predicted octanol–water partition coefficient (Wildman–Crippen LogP) is -2.44. The van der Waals surface area contributed by atoms with Crippen molar-refractivity contribution < 1.29 is 9.59 Å². The van der Waals surface area contributed by atoms with E-state index in [-0.39, 0.29) is 16.9 Å². The molecule has 24 heavy (non-hydrogen) atoms. The van der Waals surface area contributed by atoms with E-state index in [1.165, 1.54) is 13.0 Å². The molecular weight excluding hydrogens is 314 g/mol. The van der Waals surface area contributed by atoms with E-state index in [1.807, 2.05) is 5.32 Å². The third kappa shape index (κ3) is 2.08. The van der Waals surface area contributed by atoms with Crippen LogP contribution in [0.3, 0.4) is 0 Å². The number of hydrogen-bond donors (Lipinski definition) is 5. The number of anilines is 1. The zero-order valence-corrected chi connectivity index (χ0v) is 12.9. The number of fused-ring (bicyclic) bond motifs is 1. The van der Waals surface area contributed by atoms with Gasteiger partial charge in [0.25, 0.3) is 17.4 Å². The molecule has 1 aromatic carbocycles. The van der Waals surface area contributed by atoms with Gasteiger partial charge in [-0.2, -0.15) is 0 Å². The van der Waals surface area contributed by atoms with Crippen LogP contribution in [0.5, 0.6) is 0 Å². The second-order valence-corrected chi connectivity index (χ2v) is 5.97. The lowest BCUT2D eigenvalue weighted by Gasteiger charge is -2.40. The first-order valence-electron chi connectivity index (χ1n) is 7.09. The maximum atomic E-state index is 12.9. The van der Waals surface area contributed by atoms with Gasteiger partial charge in [0.2, 0.25) is 0 Å². The summed E-state index contributed by atoms with van der Waals surface area (Å²) in [5.74, 6) is -1.59. The largest absolute Gasteiger partial charge is 0.398 e. The van der Waals surface area contributed by atoms with Gasteiger partial charge >= 0.3 is 0 Å². The van der Waals surface area contributed by atoms with Crippen molar-refractivity contribution in [1.29, 1.82) is 0 Å². The van der Waals surface area contributed by atoms with Gasteiger partial charge in [-0.3, -0.25) is 24.3 Å². The lowest BCUT2D eigenvalue weighted by Crippen LogP contribution is -2.76. The molecule has 1 aliphatic heterocycles. The number of carbonyl (C=O) groups is 2. The third-order valence-electron chi connectivity index (χ3n) is 4.10. The average molecular weight is 331 g/mol. The SMILES string of the molecule is Cc1nc2cccc(N)c2c(=O)n1C1(N)CC(N)(N)C(=O)NC1=O.